The van der Waals surface area contributed by atoms with E-state index in [4.69, 9.17) is 0 Å². The number of aromatic nitrogens is 3. The zero-order valence-corrected chi connectivity index (χ0v) is 12.3. The second kappa shape index (κ2) is 4.73. The Labute approximate surface area is 117 Å². The molecule has 0 aliphatic carbocycles. The van der Waals surface area contributed by atoms with Gasteiger partial charge in [-0.2, -0.15) is 4.98 Å². The molecule has 0 radical (unpaired) electrons. The Morgan fingerprint density at radius 1 is 1.42 bits per heavy atom. The summed E-state index contributed by atoms with van der Waals surface area (Å²) in [5, 5.41) is 2.94. The maximum atomic E-state index is 11.9. The zero-order valence-electron chi connectivity index (χ0n) is 10.7. The first-order valence-electron chi connectivity index (χ1n) is 5.64. The minimum absolute atomic E-state index is 0.104. The number of aromatic amines is 1. The van der Waals surface area contributed by atoms with Gasteiger partial charge in [-0.25, -0.2) is 4.98 Å². The fraction of sp³-hybridized carbons (Fsp3) is 0.333. The van der Waals surface area contributed by atoms with Crippen molar-refractivity contribution in [2.24, 2.45) is 5.41 Å². The van der Waals surface area contributed by atoms with Gasteiger partial charge in [0.1, 0.15) is 0 Å². The van der Waals surface area contributed by atoms with E-state index in [-0.39, 0.29) is 23.1 Å². The summed E-state index contributed by atoms with van der Waals surface area (Å²) in [6.07, 6.45) is 1.55. The maximum absolute atomic E-state index is 11.9. The molecule has 0 aromatic carbocycles. The quantitative estimate of drug-likeness (QED) is 0.840. The Morgan fingerprint density at radius 3 is 2.74 bits per heavy atom. The highest BCUT2D eigenvalue weighted by atomic mass is 79.9. The number of carbonyl (C=O) groups is 1. The molecule has 7 heteroatoms. The van der Waals surface area contributed by atoms with E-state index in [2.05, 4.69) is 36.2 Å². The number of hydrogen-bond acceptors (Lipinski definition) is 4. The lowest BCUT2D eigenvalue weighted by Crippen LogP contribution is -2.29. The lowest BCUT2D eigenvalue weighted by Gasteiger charge is -2.16. The standard InChI is InChI=1S/C12H13BrN4O2/c1-12(2,3)10(19)17-11-15-8-7(9(18)16-11)4-6(13)5-14-8/h4-5H,1-3H3,(H2,14,15,16,17,18,19). The molecule has 0 bridgehead atoms. The van der Waals surface area contributed by atoms with Crippen LogP contribution in [0.3, 0.4) is 0 Å². The van der Waals surface area contributed by atoms with Crippen LogP contribution in [0.4, 0.5) is 5.95 Å². The van der Waals surface area contributed by atoms with Gasteiger partial charge in [0.2, 0.25) is 11.9 Å². The second-order valence-corrected chi connectivity index (χ2v) is 6.06. The van der Waals surface area contributed by atoms with E-state index in [1.54, 1.807) is 33.0 Å². The van der Waals surface area contributed by atoms with Crippen LogP contribution in [0.1, 0.15) is 20.8 Å². The molecule has 2 rings (SSSR count). The molecule has 0 aliphatic heterocycles. The molecule has 0 saturated heterocycles. The highest BCUT2D eigenvalue weighted by Crippen LogP contribution is 2.16. The summed E-state index contributed by atoms with van der Waals surface area (Å²) >= 11 is 3.24. The molecule has 2 heterocycles. The van der Waals surface area contributed by atoms with Crippen molar-refractivity contribution in [3.8, 4) is 0 Å². The molecule has 2 aromatic heterocycles. The molecule has 2 aromatic rings. The van der Waals surface area contributed by atoms with E-state index in [1.807, 2.05) is 0 Å². The van der Waals surface area contributed by atoms with Crippen LogP contribution in [-0.4, -0.2) is 20.9 Å². The van der Waals surface area contributed by atoms with E-state index in [9.17, 15) is 9.59 Å². The highest BCUT2D eigenvalue weighted by molar-refractivity contribution is 9.10. The molecule has 0 unspecified atom stereocenters. The van der Waals surface area contributed by atoms with E-state index >= 15 is 0 Å². The van der Waals surface area contributed by atoms with Crippen molar-refractivity contribution in [3.05, 3.63) is 27.1 Å². The summed E-state index contributed by atoms with van der Waals surface area (Å²) in [5.74, 6) is -0.126. The number of halogens is 1. The van der Waals surface area contributed by atoms with Crippen molar-refractivity contribution in [2.45, 2.75) is 20.8 Å². The summed E-state index contributed by atoms with van der Waals surface area (Å²) < 4.78 is 0.693. The van der Waals surface area contributed by atoms with Gasteiger partial charge in [-0.3, -0.25) is 19.9 Å². The number of pyridine rings is 1. The zero-order chi connectivity index (χ0) is 14.2. The number of nitrogens with one attached hydrogen (secondary N) is 2. The Hall–Kier alpha value is -1.76. The number of fused-ring (bicyclic) bond motifs is 1. The van der Waals surface area contributed by atoms with Crippen LogP contribution in [0, 0.1) is 5.41 Å². The topological polar surface area (TPSA) is 87.7 Å². The van der Waals surface area contributed by atoms with Crippen LogP contribution in [0.2, 0.25) is 0 Å². The minimum atomic E-state index is -0.569. The van der Waals surface area contributed by atoms with Gasteiger partial charge in [0.25, 0.3) is 5.56 Å². The number of amides is 1. The van der Waals surface area contributed by atoms with Gasteiger partial charge in [-0.1, -0.05) is 20.8 Å². The lowest BCUT2D eigenvalue weighted by atomic mass is 9.96. The first-order valence-corrected chi connectivity index (χ1v) is 6.44. The van der Waals surface area contributed by atoms with Gasteiger partial charge in [0, 0.05) is 16.1 Å². The summed E-state index contributed by atoms with van der Waals surface area (Å²) in [6.45, 7) is 5.32. The molecule has 6 nitrogen and oxygen atoms in total. The van der Waals surface area contributed by atoms with Crippen molar-refractivity contribution in [2.75, 3.05) is 5.32 Å². The molecule has 0 aliphatic rings. The molecule has 0 spiro atoms. The number of nitrogens with zero attached hydrogens (tertiary/aromatic N) is 2. The second-order valence-electron chi connectivity index (χ2n) is 5.14. The highest BCUT2D eigenvalue weighted by Gasteiger charge is 2.22. The van der Waals surface area contributed by atoms with Gasteiger partial charge >= 0.3 is 0 Å². The molecular formula is C12H13BrN4O2. The van der Waals surface area contributed by atoms with Crippen molar-refractivity contribution in [1.29, 1.82) is 0 Å². The minimum Gasteiger partial charge on any atom is -0.296 e. The Bertz CT molecular complexity index is 703. The fourth-order valence-electron chi connectivity index (χ4n) is 1.35. The predicted molar refractivity (Wildman–Crippen MR) is 75.9 cm³/mol. The molecule has 0 saturated carbocycles. The lowest BCUT2D eigenvalue weighted by molar-refractivity contribution is -0.123. The van der Waals surface area contributed by atoms with Gasteiger partial charge in [-0.05, 0) is 22.0 Å². The van der Waals surface area contributed by atoms with Crippen molar-refractivity contribution in [3.63, 3.8) is 0 Å². The number of hydrogen-bond donors (Lipinski definition) is 2. The van der Waals surface area contributed by atoms with Gasteiger partial charge in [-0.15, -0.1) is 0 Å². The van der Waals surface area contributed by atoms with Crippen LogP contribution >= 0.6 is 15.9 Å². The summed E-state index contributed by atoms with van der Waals surface area (Å²) in [6, 6.07) is 1.63. The normalized spacial score (nSPS) is 11.6. The smallest absolute Gasteiger partial charge is 0.261 e. The van der Waals surface area contributed by atoms with Crippen LogP contribution < -0.4 is 10.9 Å². The van der Waals surface area contributed by atoms with Gasteiger partial charge in [0.15, 0.2) is 5.65 Å². The van der Waals surface area contributed by atoms with E-state index in [1.165, 1.54) is 0 Å². The van der Waals surface area contributed by atoms with Crippen LogP contribution in [0.15, 0.2) is 21.5 Å². The van der Waals surface area contributed by atoms with E-state index < -0.39 is 5.41 Å². The van der Waals surface area contributed by atoms with Crippen molar-refractivity contribution < 1.29 is 4.79 Å². The first kappa shape index (κ1) is 13.7. The Morgan fingerprint density at radius 2 is 2.11 bits per heavy atom. The average Bonchev–Trinajstić information content (AvgIpc) is 2.29. The molecule has 100 valence electrons. The van der Waals surface area contributed by atoms with E-state index in [0.717, 1.165) is 0 Å². The SMILES string of the molecule is CC(C)(C)C(=O)Nc1nc2ncc(Br)cc2c(=O)[nH]1. The molecule has 2 N–H and O–H groups in total. The summed E-state index contributed by atoms with van der Waals surface area (Å²) in [5.41, 5.74) is -0.625. The molecule has 1 amide bonds. The first-order chi connectivity index (χ1) is 8.77. The van der Waals surface area contributed by atoms with Crippen LogP contribution in [0.25, 0.3) is 11.0 Å². The number of H-pyrrole nitrogens is 1. The maximum Gasteiger partial charge on any atom is 0.261 e. The largest absolute Gasteiger partial charge is 0.296 e. The molecule has 19 heavy (non-hydrogen) atoms. The molecule has 0 atom stereocenters. The Balaban J connectivity index is 2.45. The third-order valence-corrected chi connectivity index (χ3v) is 2.87. The van der Waals surface area contributed by atoms with Crippen LogP contribution in [0.5, 0.6) is 0 Å². The van der Waals surface area contributed by atoms with Crippen LogP contribution in [-0.2, 0) is 4.79 Å². The average molecular weight is 325 g/mol. The summed E-state index contributed by atoms with van der Waals surface area (Å²) in [4.78, 5) is 34.4. The van der Waals surface area contributed by atoms with Crippen molar-refractivity contribution >= 4 is 38.8 Å². The molecule has 0 fully saturated rings. The monoisotopic (exact) mass is 324 g/mol. The van der Waals surface area contributed by atoms with Gasteiger partial charge < -0.3 is 0 Å². The number of carbonyl (C=O) groups excluding carboxylic acids is 1. The third-order valence-electron chi connectivity index (χ3n) is 2.44. The fourth-order valence-corrected chi connectivity index (χ4v) is 1.68. The Kier molecular flexibility index (Phi) is 3.40. The van der Waals surface area contributed by atoms with E-state index in [0.29, 0.717) is 9.86 Å². The number of anilines is 1. The third kappa shape index (κ3) is 2.98. The predicted octanol–water partition coefficient (Wildman–Crippen LogP) is 2.07. The number of rotatable bonds is 1. The van der Waals surface area contributed by atoms with Crippen molar-refractivity contribution in [1.82, 2.24) is 15.0 Å². The molecular weight excluding hydrogens is 312 g/mol. The van der Waals surface area contributed by atoms with Gasteiger partial charge in [0.05, 0.1) is 5.39 Å². The summed E-state index contributed by atoms with van der Waals surface area (Å²) in [7, 11) is 0.